The van der Waals surface area contributed by atoms with Gasteiger partial charge >= 0.3 is 0 Å². The molecule has 96 valence electrons. The Labute approximate surface area is 99.3 Å². The van der Waals surface area contributed by atoms with Crippen molar-refractivity contribution >= 4 is 9.84 Å². The molecule has 0 radical (unpaired) electrons. The molecule has 0 aromatic carbocycles. The lowest BCUT2D eigenvalue weighted by molar-refractivity contribution is 0.389. The van der Waals surface area contributed by atoms with E-state index in [-0.39, 0.29) is 11.0 Å². The highest BCUT2D eigenvalue weighted by molar-refractivity contribution is 7.92. The molecule has 1 heterocycles. The molecule has 1 saturated heterocycles. The predicted octanol–water partition coefficient (Wildman–Crippen LogP) is 0.351. The third-order valence-electron chi connectivity index (χ3n) is 3.20. The Morgan fingerprint density at radius 3 is 2.62 bits per heavy atom. The van der Waals surface area contributed by atoms with Crippen molar-refractivity contribution in [3.8, 4) is 0 Å². The third-order valence-corrected chi connectivity index (χ3v) is 5.41. The Balaban J connectivity index is 2.13. The molecule has 0 bridgehead atoms. The van der Waals surface area contributed by atoms with Crippen molar-refractivity contribution in [2.45, 2.75) is 25.5 Å². The van der Waals surface area contributed by atoms with Gasteiger partial charge in [-0.05, 0) is 46.3 Å². The van der Waals surface area contributed by atoms with E-state index in [1.807, 2.05) is 0 Å². The maximum Gasteiger partial charge on any atom is 0.153 e. The molecular weight excluding hydrogens is 224 g/mol. The van der Waals surface area contributed by atoms with Crippen LogP contribution in [0.3, 0.4) is 0 Å². The summed E-state index contributed by atoms with van der Waals surface area (Å²) in [6.45, 7) is 7.29. The topological polar surface area (TPSA) is 49.4 Å². The Bertz CT molecular complexity index is 301. The van der Waals surface area contributed by atoms with Gasteiger partial charge in [-0.25, -0.2) is 8.42 Å². The monoisotopic (exact) mass is 248 g/mol. The van der Waals surface area contributed by atoms with Gasteiger partial charge in [0.1, 0.15) is 0 Å². The van der Waals surface area contributed by atoms with Gasteiger partial charge in [0.15, 0.2) is 9.84 Å². The number of rotatable bonds is 6. The van der Waals surface area contributed by atoms with Crippen LogP contribution in [-0.4, -0.2) is 57.5 Å². The van der Waals surface area contributed by atoms with Crippen LogP contribution in [0.25, 0.3) is 0 Å². The van der Waals surface area contributed by atoms with E-state index in [9.17, 15) is 8.42 Å². The zero-order valence-corrected chi connectivity index (χ0v) is 11.4. The first-order valence-corrected chi connectivity index (χ1v) is 7.74. The zero-order valence-electron chi connectivity index (χ0n) is 10.6. The highest BCUT2D eigenvalue weighted by Gasteiger charge is 2.19. The Morgan fingerprint density at radius 1 is 1.44 bits per heavy atom. The molecule has 1 aliphatic heterocycles. The molecule has 1 unspecified atom stereocenters. The average Bonchev–Trinajstić information content (AvgIpc) is 2.59. The minimum absolute atomic E-state index is 0.257. The van der Waals surface area contributed by atoms with Crippen molar-refractivity contribution in [3.63, 3.8) is 0 Å². The molecule has 0 aliphatic carbocycles. The number of nitrogens with zero attached hydrogens (tertiary/aromatic N) is 1. The standard InChI is InChI=1S/C11H24N2O2S/c1-10(2)16(14,15)7-5-12-8-11-4-6-13(3)9-11/h10-12H,4-9H2,1-3H3. The smallest absolute Gasteiger partial charge is 0.153 e. The second-order valence-electron chi connectivity index (χ2n) is 5.04. The van der Waals surface area contributed by atoms with Gasteiger partial charge in [0.2, 0.25) is 0 Å². The van der Waals surface area contributed by atoms with Crippen LogP contribution in [0.15, 0.2) is 0 Å². The molecule has 0 aromatic rings. The van der Waals surface area contributed by atoms with E-state index in [0.29, 0.717) is 12.5 Å². The van der Waals surface area contributed by atoms with Gasteiger partial charge < -0.3 is 10.2 Å². The van der Waals surface area contributed by atoms with Gasteiger partial charge in [0.05, 0.1) is 11.0 Å². The first kappa shape index (κ1) is 13.9. The van der Waals surface area contributed by atoms with E-state index in [1.54, 1.807) is 13.8 Å². The molecule has 16 heavy (non-hydrogen) atoms. The van der Waals surface area contributed by atoms with Gasteiger partial charge in [0, 0.05) is 13.1 Å². The lowest BCUT2D eigenvalue weighted by Gasteiger charge is -2.12. The molecule has 1 rings (SSSR count). The molecular formula is C11H24N2O2S. The number of hydrogen-bond acceptors (Lipinski definition) is 4. The van der Waals surface area contributed by atoms with Gasteiger partial charge in [-0.2, -0.15) is 0 Å². The van der Waals surface area contributed by atoms with Crippen LogP contribution in [0.1, 0.15) is 20.3 Å². The van der Waals surface area contributed by atoms with Crippen LogP contribution in [-0.2, 0) is 9.84 Å². The molecule has 0 aromatic heterocycles. The van der Waals surface area contributed by atoms with Crippen molar-refractivity contribution < 1.29 is 8.42 Å². The summed E-state index contributed by atoms with van der Waals surface area (Å²) in [7, 11) is -0.749. The number of likely N-dealkylation sites (tertiary alicyclic amines) is 1. The molecule has 4 nitrogen and oxygen atoms in total. The maximum atomic E-state index is 11.5. The van der Waals surface area contributed by atoms with Crippen LogP contribution < -0.4 is 5.32 Å². The summed E-state index contributed by atoms with van der Waals surface area (Å²) in [4.78, 5) is 2.32. The van der Waals surface area contributed by atoms with Gasteiger partial charge in [0.25, 0.3) is 0 Å². The predicted molar refractivity (Wildman–Crippen MR) is 67.4 cm³/mol. The van der Waals surface area contributed by atoms with Gasteiger partial charge in [-0.1, -0.05) is 0 Å². The highest BCUT2D eigenvalue weighted by Crippen LogP contribution is 2.12. The van der Waals surface area contributed by atoms with E-state index < -0.39 is 9.84 Å². The van der Waals surface area contributed by atoms with Crippen molar-refractivity contribution in [1.29, 1.82) is 0 Å². The summed E-state index contributed by atoms with van der Waals surface area (Å²) in [5.41, 5.74) is 0. The van der Waals surface area contributed by atoms with Gasteiger partial charge in [-0.3, -0.25) is 0 Å². The summed E-state index contributed by atoms with van der Waals surface area (Å²) in [6.07, 6.45) is 1.22. The minimum atomic E-state index is -2.88. The van der Waals surface area contributed by atoms with Crippen LogP contribution in [0.4, 0.5) is 0 Å². The summed E-state index contributed by atoms with van der Waals surface area (Å²) in [5, 5.41) is 3.00. The summed E-state index contributed by atoms with van der Waals surface area (Å²) >= 11 is 0. The Hall–Kier alpha value is -0.130. The number of hydrogen-bond donors (Lipinski definition) is 1. The summed E-state index contributed by atoms with van der Waals surface area (Å²) in [5.74, 6) is 0.944. The molecule has 0 amide bonds. The minimum Gasteiger partial charge on any atom is -0.315 e. The number of sulfone groups is 1. The van der Waals surface area contributed by atoms with E-state index in [0.717, 1.165) is 19.6 Å². The van der Waals surface area contributed by atoms with E-state index in [1.165, 1.54) is 6.42 Å². The SMILES string of the molecule is CC(C)S(=O)(=O)CCNCC1CCN(C)C1. The van der Waals surface area contributed by atoms with Gasteiger partial charge in [-0.15, -0.1) is 0 Å². The highest BCUT2D eigenvalue weighted by atomic mass is 32.2. The van der Waals surface area contributed by atoms with Crippen LogP contribution in [0.2, 0.25) is 0 Å². The van der Waals surface area contributed by atoms with E-state index in [4.69, 9.17) is 0 Å². The first-order chi connectivity index (χ1) is 7.42. The Morgan fingerprint density at radius 2 is 2.12 bits per heavy atom. The maximum absolute atomic E-state index is 11.5. The second kappa shape index (κ2) is 5.98. The van der Waals surface area contributed by atoms with E-state index in [2.05, 4.69) is 17.3 Å². The van der Waals surface area contributed by atoms with Crippen molar-refractivity contribution in [2.75, 3.05) is 39.0 Å². The van der Waals surface area contributed by atoms with Crippen LogP contribution >= 0.6 is 0 Å². The molecule has 1 N–H and O–H groups in total. The molecule has 1 atom stereocenters. The summed E-state index contributed by atoms with van der Waals surface area (Å²) < 4.78 is 23.1. The van der Waals surface area contributed by atoms with Crippen molar-refractivity contribution in [1.82, 2.24) is 10.2 Å². The normalized spacial score (nSPS) is 23.1. The molecule has 0 spiro atoms. The second-order valence-corrected chi connectivity index (χ2v) is 7.71. The fraction of sp³-hybridized carbons (Fsp3) is 1.00. The van der Waals surface area contributed by atoms with Crippen LogP contribution in [0, 0.1) is 5.92 Å². The average molecular weight is 248 g/mol. The third kappa shape index (κ3) is 4.39. The fourth-order valence-corrected chi connectivity index (χ4v) is 2.85. The zero-order chi connectivity index (χ0) is 12.2. The fourth-order valence-electron chi connectivity index (χ4n) is 1.95. The van der Waals surface area contributed by atoms with Crippen LogP contribution in [0.5, 0.6) is 0 Å². The summed E-state index contributed by atoms with van der Waals surface area (Å²) in [6, 6.07) is 0. The Kier molecular flexibility index (Phi) is 5.21. The quantitative estimate of drug-likeness (QED) is 0.689. The van der Waals surface area contributed by atoms with Crippen molar-refractivity contribution in [2.24, 2.45) is 5.92 Å². The largest absolute Gasteiger partial charge is 0.315 e. The molecule has 0 saturated carbocycles. The lowest BCUT2D eigenvalue weighted by Crippen LogP contribution is -2.31. The van der Waals surface area contributed by atoms with E-state index >= 15 is 0 Å². The number of nitrogens with one attached hydrogen (secondary N) is 1. The lowest BCUT2D eigenvalue weighted by atomic mass is 10.1. The first-order valence-electron chi connectivity index (χ1n) is 6.02. The van der Waals surface area contributed by atoms with Crippen molar-refractivity contribution in [3.05, 3.63) is 0 Å². The molecule has 1 fully saturated rings. The molecule has 5 heteroatoms. The molecule has 1 aliphatic rings.